The van der Waals surface area contributed by atoms with Crippen molar-refractivity contribution < 1.29 is 0 Å². The standard InChI is InChI=1S/C18H23N7/c1-13(25-9-3-4-10-25)11-20-17-15-12-21-24(2)18(15)23-16(22-17)14-5-7-19-8-6-14/h5-8,12-13H,3-4,9-11H2,1-2H3,(H,20,22,23). The number of rotatable bonds is 5. The molecule has 1 atom stereocenters. The van der Waals surface area contributed by atoms with Gasteiger partial charge in [0.1, 0.15) is 5.82 Å². The Morgan fingerprint density at radius 1 is 1.16 bits per heavy atom. The van der Waals surface area contributed by atoms with Gasteiger partial charge < -0.3 is 5.32 Å². The number of anilines is 1. The second-order valence-electron chi connectivity index (χ2n) is 6.61. The number of fused-ring (bicyclic) bond motifs is 1. The lowest BCUT2D eigenvalue weighted by Crippen LogP contribution is -2.35. The van der Waals surface area contributed by atoms with E-state index in [1.54, 1.807) is 17.1 Å². The van der Waals surface area contributed by atoms with Crippen molar-refractivity contribution in [2.45, 2.75) is 25.8 Å². The first-order chi connectivity index (χ1) is 12.2. The summed E-state index contributed by atoms with van der Waals surface area (Å²) < 4.78 is 1.79. The predicted molar refractivity (Wildman–Crippen MR) is 98.3 cm³/mol. The van der Waals surface area contributed by atoms with Gasteiger partial charge in [0.25, 0.3) is 0 Å². The van der Waals surface area contributed by atoms with Crippen LogP contribution < -0.4 is 5.32 Å². The molecule has 0 aromatic carbocycles. The number of likely N-dealkylation sites (tertiary alicyclic amines) is 1. The molecule has 0 spiro atoms. The van der Waals surface area contributed by atoms with Crippen LogP contribution in [0, 0.1) is 0 Å². The lowest BCUT2D eigenvalue weighted by molar-refractivity contribution is 0.269. The molecule has 0 saturated carbocycles. The molecule has 0 radical (unpaired) electrons. The van der Waals surface area contributed by atoms with E-state index in [-0.39, 0.29) is 0 Å². The predicted octanol–water partition coefficient (Wildman–Crippen LogP) is 2.32. The molecule has 0 bridgehead atoms. The number of aryl methyl sites for hydroxylation is 1. The molecule has 1 aliphatic heterocycles. The number of nitrogens with zero attached hydrogens (tertiary/aromatic N) is 6. The Morgan fingerprint density at radius 3 is 2.68 bits per heavy atom. The Labute approximate surface area is 147 Å². The normalized spacial score (nSPS) is 16.4. The van der Waals surface area contributed by atoms with Crippen LogP contribution in [0.4, 0.5) is 5.82 Å². The summed E-state index contributed by atoms with van der Waals surface area (Å²) in [6.45, 7) is 5.51. The first kappa shape index (κ1) is 16.0. The van der Waals surface area contributed by atoms with Gasteiger partial charge in [-0.05, 0) is 45.0 Å². The minimum absolute atomic E-state index is 0.480. The molecule has 1 fully saturated rings. The molecule has 1 aliphatic rings. The van der Waals surface area contributed by atoms with Gasteiger partial charge in [-0.2, -0.15) is 5.10 Å². The molecule has 1 saturated heterocycles. The van der Waals surface area contributed by atoms with Crippen molar-refractivity contribution in [1.82, 2.24) is 29.6 Å². The third-order valence-electron chi connectivity index (χ3n) is 4.86. The van der Waals surface area contributed by atoms with Gasteiger partial charge in [-0.25, -0.2) is 9.97 Å². The van der Waals surface area contributed by atoms with Crippen LogP contribution >= 0.6 is 0 Å². The fourth-order valence-electron chi connectivity index (χ4n) is 3.34. The van der Waals surface area contributed by atoms with Crippen LogP contribution in [0.3, 0.4) is 0 Å². The van der Waals surface area contributed by atoms with Gasteiger partial charge in [0.15, 0.2) is 11.5 Å². The second kappa shape index (κ2) is 6.76. The molecule has 4 rings (SSSR count). The summed E-state index contributed by atoms with van der Waals surface area (Å²) in [5, 5.41) is 8.83. The molecule has 1 unspecified atom stereocenters. The van der Waals surface area contributed by atoms with E-state index in [0.29, 0.717) is 11.9 Å². The molecule has 130 valence electrons. The Balaban J connectivity index is 1.64. The van der Waals surface area contributed by atoms with E-state index in [0.717, 1.165) is 29.0 Å². The highest BCUT2D eigenvalue weighted by atomic mass is 15.3. The van der Waals surface area contributed by atoms with Crippen molar-refractivity contribution in [3.8, 4) is 11.4 Å². The highest BCUT2D eigenvalue weighted by Crippen LogP contribution is 2.24. The van der Waals surface area contributed by atoms with Crippen LogP contribution in [0.2, 0.25) is 0 Å². The first-order valence-electron chi connectivity index (χ1n) is 8.80. The third-order valence-corrected chi connectivity index (χ3v) is 4.86. The fourth-order valence-corrected chi connectivity index (χ4v) is 3.34. The van der Waals surface area contributed by atoms with Crippen LogP contribution in [0.1, 0.15) is 19.8 Å². The summed E-state index contributed by atoms with van der Waals surface area (Å²) in [6.07, 6.45) is 7.95. The summed E-state index contributed by atoms with van der Waals surface area (Å²) in [6, 6.07) is 4.33. The lowest BCUT2D eigenvalue weighted by atomic mass is 10.2. The van der Waals surface area contributed by atoms with E-state index in [1.807, 2.05) is 25.4 Å². The number of pyridine rings is 1. The van der Waals surface area contributed by atoms with Crippen molar-refractivity contribution in [2.75, 3.05) is 25.0 Å². The molecule has 3 aromatic rings. The molecular weight excluding hydrogens is 314 g/mol. The number of hydrogen-bond donors (Lipinski definition) is 1. The van der Waals surface area contributed by atoms with E-state index in [2.05, 4.69) is 32.2 Å². The van der Waals surface area contributed by atoms with Crippen molar-refractivity contribution in [1.29, 1.82) is 0 Å². The molecule has 7 nitrogen and oxygen atoms in total. The lowest BCUT2D eigenvalue weighted by Gasteiger charge is -2.24. The summed E-state index contributed by atoms with van der Waals surface area (Å²) in [5.74, 6) is 1.53. The summed E-state index contributed by atoms with van der Waals surface area (Å²) >= 11 is 0. The van der Waals surface area contributed by atoms with E-state index >= 15 is 0 Å². The molecule has 3 aromatic heterocycles. The van der Waals surface area contributed by atoms with E-state index in [9.17, 15) is 0 Å². The van der Waals surface area contributed by atoms with Gasteiger partial charge in [0.2, 0.25) is 0 Å². The second-order valence-corrected chi connectivity index (χ2v) is 6.61. The molecule has 0 amide bonds. The third kappa shape index (κ3) is 3.19. The Morgan fingerprint density at radius 2 is 1.92 bits per heavy atom. The quantitative estimate of drug-likeness (QED) is 0.770. The average Bonchev–Trinajstić information content (AvgIpc) is 3.31. The number of aromatic nitrogens is 5. The molecule has 0 aliphatic carbocycles. The van der Waals surface area contributed by atoms with Gasteiger partial charge in [0.05, 0.1) is 11.6 Å². The summed E-state index contributed by atoms with van der Waals surface area (Å²) in [4.78, 5) is 16.0. The molecule has 4 heterocycles. The van der Waals surface area contributed by atoms with Gasteiger partial charge in [-0.3, -0.25) is 14.6 Å². The Bertz CT molecular complexity index is 852. The van der Waals surface area contributed by atoms with Crippen LogP contribution in [0.5, 0.6) is 0 Å². The largest absolute Gasteiger partial charge is 0.368 e. The molecule has 1 N–H and O–H groups in total. The SMILES string of the molecule is CC(CNc1nc(-c2ccncc2)nc2c1cnn2C)N1CCCC1. The number of nitrogens with one attached hydrogen (secondary N) is 1. The minimum Gasteiger partial charge on any atom is -0.368 e. The van der Waals surface area contributed by atoms with E-state index in [4.69, 9.17) is 4.98 Å². The van der Waals surface area contributed by atoms with Crippen molar-refractivity contribution in [2.24, 2.45) is 7.05 Å². The smallest absolute Gasteiger partial charge is 0.164 e. The van der Waals surface area contributed by atoms with Gasteiger partial charge in [-0.1, -0.05) is 0 Å². The monoisotopic (exact) mass is 337 g/mol. The van der Waals surface area contributed by atoms with Gasteiger partial charge in [0, 0.05) is 37.6 Å². The van der Waals surface area contributed by atoms with Crippen molar-refractivity contribution in [3.05, 3.63) is 30.7 Å². The topological polar surface area (TPSA) is 71.8 Å². The fraction of sp³-hybridized carbons (Fsp3) is 0.444. The first-order valence-corrected chi connectivity index (χ1v) is 8.80. The maximum atomic E-state index is 4.76. The Hall–Kier alpha value is -2.54. The van der Waals surface area contributed by atoms with Crippen LogP contribution in [-0.2, 0) is 7.05 Å². The maximum absolute atomic E-state index is 4.76. The van der Waals surface area contributed by atoms with Crippen molar-refractivity contribution >= 4 is 16.9 Å². The average molecular weight is 337 g/mol. The number of hydrogen-bond acceptors (Lipinski definition) is 6. The zero-order chi connectivity index (χ0) is 17.2. The van der Waals surface area contributed by atoms with Crippen LogP contribution in [0.15, 0.2) is 30.7 Å². The van der Waals surface area contributed by atoms with Crippen LogP contribution in [-0.4, -0.2) is 55.3 Å². The van der Waals surface area contributed by atoms with Crippen LogP contribution in [0.25, 0.3) is 22.4 Å². The van der Waals surface area contributed by atoms with Gasteiger partial charge in [-0.15, -0.1) is 0 Å². The zero-order valence-electron chi connectivity index (χ0n) is 14.7. The van der Waals surface area contributed by atoms with E-state index in [1.165, 1.54) is 25.9 Å². The highest BCUT2D eigenvalue weighted by Gasteiger charge is 2.19. The summed E-state index contributed by atoms with van der Waals surface area (Å²) in [5.41, 5.74) is 1.78. The zero-order valence-corrected chi connectivity index (χ0v) is 14.7. The molecule has 7 heteroatoms. The minimum atomic E-state index is 0.480. The summed E-state index contributed by atoms with van der Waals surface area (Å²) in [7, 11) is 1.91. The van der Waals surface area contributed by atoms with Crippen molar-refractivity contribution in [3.63, 3.8) is 0 Å². The van der Waals surface area contributed by atoms with Gasteiger partial charge >= 0.3 is 0 Å². The highest BCUT2D eigenvalue weighted by molar-refractivity contribution is 5.88. The maximum Gasteiger partial charge on any atom is 0.164 e. The Kier molecular flexibility index (Phi) is 4.31. The molecule has 25 heavy (non-hydrogen) atoms. The molecular formula is C18H23N7. The van der Waals surface area contributed by atoms with E-state index < -0.39 is 0 Å².